The fourth-order valence-corrected chi connectivity index (χ4v) is 3.62. The topological polar surface area (TPSA) is 104 Å². The number of anilines is 1. The van der Waals surface area contributed by atoms with Gasteiger partial charge in [0, 0.05) is 25.7 Å². The highest BCUT2D eigenvalue weighted by atomic mass is 32.2. The van der Waals surface area contributed by atoms with E-state index in [2.05, 4.69) is 4.98 Å². The van der Waals surface area contributed by atoms with Crippen molar-refractivity contribution in [1.29, 1.82) is 5.26 Å². The number of hydrogen-bond donors (Lipinski definition) is 1. The van der Waals surface area contributed by atoms with E-state index < -0.39 is 10.0 Å². The lowest BCUT2D eigenvalue weighted by Gasteiger charge is -2.18. The molecule has 0 saturated carbocycles. The van der Waals surface area contributed by atoms with Crippen LogP contribution in [0.2, 0.25) is 0 Å². The Morgan fingerprint density at radius 3 is 2.90 bits per heavy atom. The van der Waals surface area contributed by atoms with Crippen molar-refractivity contribution in [2.75, 3.05) is 18.8 Å². The Labute approximate surface area is 117 Å². The van der Waals surface area contributed by atoms with Crippen LogP contribution in [0, 0.1) is 11.3 Å². The third kappa shape index (κ3) is 2.33. The Kier molecular flexibility index (Phi) is 3.92. The number of fused-ring (bicyclic) bond motifs is 1. The average molecular weight is 293 g/mol. The molecule has 2 heterocycles. The summed E-state index contributed by atoms with van der Waals surface area (Å²) in [6, 6.07) is 7.09. The molecule has 0 aromatic carbocycles. The molecular weight excluding hydrogens is 278 g/mol. The molecule has 0 fully saturated rings. The van der Waals surface area contributed by atoms with E-state index >= 15 is 0 Å². The average Bonchev–Trinajstić information content (AvgIpc) is 2.75. The van der Waals surface area contributed by atoms with Crippen molar-refractivity contribution in [3.63, 3.8) is 0 Å². The molecule has 0 unspecified atom stereocenters. The minimum absolute atomic E-state index is 0.0355. The van der Waals surface area contributed by atoms with Gasteiger partial charge in [0.2, 0.25) is 0 Å². The summed E-state index contributed by atoms with van der Waals surface area (Å²) in [5.41, 5.74) is 6.23. The van der Waals surface area contributed by atoms with Gasteiger partial charge in [0.05, 0.1) is 6.07 Å². The van der Waals surface area contributed by atoms with Gasteiger partial charge in [0.25, 0.3) is 10.0 Å². The number of imidazole rings is 1. The van der Waals surface area contributed by atoms with Crippen LogP contribution in [0.1, 0.15) is 13.3 Å². The van der Waals surface area contributed by atoms with Crippen LogP contribution in [0.25, 0.3) is 5.65 Å². The first-order valence-electron chi connectivity index (χ1n) is 6.12. The van der Waals surface area contributed by atoms with Gasteiger partial charge in [-0.3, -0.25) is 4.40 Å². The number of hydrogen-bond acceptors (Lipinski definition) is 5. The quantitative estimate of drug-likeness (QED) is 0.879. The fraction of sp³-hybridized carbons (Fsp3) is 0.333. The summed E-state index contributed by atoms with van der Waals surface area (Å²) < 4.78 is 28.0. The summed E-state index contributed by atoms with van der Waals surface area (Å²) in [4.78, 5) is 4.05. The number of nitrogens with two attached hydrogens (primary N) is 1. The largest absolute Gasteiger partial charge is 0.381 e. The van der Waals surface area contributed by atoms with Gasteiger partial charge >= 0.3 is 0 Å². The van der Waals surface area contributed by atoms with Gasteiger partial charge in [-0.05, 0) is 12.1 Å². The molecule has 7 nitrogen and oxygen atoms in total. The summed E-state index contributed by atoms with van der Waals surface area (Å²) in [7, 11) is -3.78. The molecule has 0 amide bonds. The molecule has 0 bridgehead atoms. The maximum Gasteiger partial charge on any atom is 0.262 e. The van der Waals surface area contributed by atoms with Crippen molar-refractivity contribution in [2.45, 2.75) is 18.4 Å². The fourth-order valence-electron chi connectivity index (χ4n) is 1.99. The van der Waals surface area contributed by atoms with Crippen LogP contribution in [0.4, 0.5) is 5.82 Å². The smallest absolute Gasteiger partial charge is 0.262 e. The zero-order valence-corrected chi connectivity index (χ0v) is 11.8. The van der Waals surface area contributed by atoms with Gasteiger partial charge in [-0.1, -0.05) is 13.0 Å². The molecule has 0 aliphatic carbocycles. The van der Waals surface area contributed by atoms with Gasteiger partial charge in [-0.25, -0.2) is 13.4 Å². The molecule has 2 rings (SSSR count). The lowest BCUT2D eigenvalue weighted by atomic mass is 10.5. The molecule has 0 radical (unpaired) electrons. The highest BCUT2D eigenvalue weighted by Crippen LogP contribution is 2.23. The van der Waals surface area contributed by atoms with Gasteiger partial charge in [-0.2, -0.15) is 9.57 Å². The third-order valence-corrected chi connectivity index (χ3v) is 4.94. The first-order valence-corrected chi connectivity index (χ1v) is 7.56. The molecule has 0 aliphatic heterocycles. The second kappa shape index (κ2) is 5.48. The van der Waals surface area contributed by atoms with Crippen molar-refractivity contribution in [1.82, 2.24) is 13.7 Å². The molecule has 2 N–H and O–H groups in total. The zero-order valence-electron chi connectivity index (χ0n) is 11.0. The first-order chi connectivity index (χ1) is 9.52. The predicted molar refractivity (Wildman–Crippen MR) is 74.3 cm³/mol. The first kappa shape index (κ1) is 14.3. The van der Waals surface area contributed by atoms with Crippen LogP contribution < -0.4 is 5.73 Å². The monoisotopic (exact) mass is 293 g/mol. The Morgan fingerprint density at radius 1 is 1.50 bits per heavy atom. The van der Waals surface area contributed by atoms with E-state index in [4.69, 9.17) is 11.0 Å². The molecule has 0 saturated heterocycles. The van der Waals surface area contributed by atoms with E-state index in [1.54, 1.807) is 31.3 Å². The molecule has 20 heavy (non-hydrogen) atoms. The van der Waals surface area contributed by atoms with Crippen molar-refractivity contribution in [2.24, 2.45) is 0 Å². The second-order valence-corrected chi connectivity index (χ2v) is 5.99. The lowest BCUT2D eigenvalue weighted by molar-refractivity contribution is 0.432. The van der Waals surface area contributed by atoms with Crippen molar-refractivity contribution in [3.05, 3.63) is 24.4 Å². The van der Waals surface area contributed by atoms with E-state index in [-0.39, 0.29) is 30.4 Å². The molecule has 2 aromatic heterocycles. The summed E-state index contributed by atoms with van der Waals surface area (Å²) in [5, 5.41) is 8.57. The zero-order chi connectivity index (χ0) is 14.8. The van der Waals surface area contributed by atoms with Crippen LogP contribution in [-0.2, 0) is 10.0 Å². The lowest BCUT2D eigenvalue weighted by Crippen LogP contribution is -2.33. The van der Waals surface area contributed by atoms with Crippen LogP contribution >= 0.6 is 0 Å². The van der Waals surface area contributed by atoms with Crippen LogP contribution in [-0.4, -0.2) is 35.2 Å². The van der Waals surface area contributed by atoms with Crippen molar-refractivity contribution >= 4 is 21.5 Å². The van der Waals surface area contributed by atoms with Gasteiger partial charge < -0.3 is 5.73 Å². The number of nitrogen functional groups attached to an aromatic ring is 1. The second-order valence-electron chi connectivity index (χ2n) is 4.14. The maximum absolute atomic E-state index is 12.6. The molecular formula is C12H15N5O2S. The van der Waals surface area contributed by atoms with E-state index in [1.165, 1.54) is 8.71 Å². The van der Waals surface area contributed by atoms with E-state index in [0.717, 1.165) is 0 Å². The third-order valence-electron chi connectivity index (χ3n) is 2.92. The predicted octanol–water partition coefficient (Wildman–Crippen LogP) is 0.841. The SMILES string of the molecule is CCN(CCC#N)S(=O)(=O)c1c(N)nc2ccccn12. The number of rotatable bonds is 5. The number of nitriles is 1. The number of nitrogens with zero attached hydrogens (tertiary/aromatic N) is 4. The highest BCUT2D eigenvalue weighted by Gasteiger charge is 2.29. The van der Waals surface area contributed by atoms with Gasteiger partial charge in [-0.15, -0.1) is 0 Å². The molecule has 2 aromatic rings. The van der Waals surface area contributed by atoms with Crippen molar-refractivity contribution < 1.29 is 8.42 Å². The molecule has 0 atom stereocenters. The number of sulfonamides is 1. The Bertz CT molecular complexity index is 760. The minimum Gasteiger partial charge on any atom is -0.381 e. The van der Waals surface area contributed by atoms with Crippen LogP contribution in [0.5, 0.6) is 0 Å². The summed E-state index contributed by atoms with van der Waals surface area (Å²) in [6.45, 7) is 2.12. The van der Waals surface area contributed by atoms with Crippen LogP contribution in [0.15, 0.2) is 29.4 Å². The molecule has 0 spiro atoms. The molecule has 106 valence electrons. The van der Waals surface area contributed by atoms with E-state index in [1.807, 2.05) is 6.07 Å². The Morgan fingerprint density at radius 2 is 2.25 bits per heavy atom. The minimum atomic E-state index is -3.78. The summed E-state index contributed by atoms with van der Waals surface area (Å²) >= 11 is 0. The summed E-state index contributed by atoms with van der Waals surface area (Å²) in [5.74, 6) is -0.0355. The van der Waals surface area contributed by atoms with Gasteiger partial charge in [0.15, 0.2) is 10.8 Å². The Balaban J connectivity index is 2.56. The van der Waals surface area contributed by atoms with Gasteiger partial charge in [0.1, 0.15) is 5.65 Å². The maximum atomic E-state index is 12.6. The van der Waals surface area contributed by atoms with Crippen LogP contribution in [0.3, 0.4) is 0 Å². The molecule has 0 aliphatic rings. The number of aromatic nitrogens is 2. The molecule has 8 heteroatoms. The number of pyridine rings is 1. The van der Waals surface area contributed by atoms with Crippen molar-refractivity contribution in [3.8, 4) is 6.07 Å². The summed E-state index contributed by atoms with van der Waals surface area (Å²) in [6.07, 6.45) is 1.73. The standard InChI is InChI=1S/C12H15N5O2S/c1-2-16(8-5-7-13)20(18,19)12-11(14)15-10-6-3-4-9-17(10)12/h3-4,6,9H,2,5,8,14H2,1H3. The normalized spacial score (nSPS) is 11.8. The Hall–Kier alpha value is -2.11. The highest BCUT2D eigenvalue weighted by molar-refractivity contribution is 7.89. The van der Waals surface area contributed by atoms with E-state index in [9.17, 15) is 8.42 Å². The van der Waals surface area contributed by atoms with E-state index in [0.29, 0.717) is 5.65 Å².